The van der Waals surface area contributed by atoms with E-state index in [1.165, 1.54) is 54.6 Å². The number of rotatable bonds is 23. The number of alkyl halides is 3. The Labute approximate surface area is 428 Å². The minimum atomic E-state index is -1.64. The number of azo groups is 2. The Kier molecular flexibility index (Phi) is 20.7. The van der Waals surface area contributed by atoms with Gasteiger partial charge in [-0.2, -0.15) is 20.5 Å². The van der Waals surface area contributed by atoms with Crippen LogP contribution in [0.1, 0.15) is 65.1 Å². The summed E-state index contributed by atoms with van der Waals surface area (Å²) in [7, 11) is 0. The zero-order valence-corrected chi connectivity index (χ0v) is 42.0. The van der Waals surface area contributed by atoms with Crippen molar-refractivity contribution in [2.24, 2.45) is 20.5 Å². The molecule has 2 unspecified atom stereocenters. The second-order valence-electron chi connectivity index (χ2n) is 15.1. The van der Waals surface area contributed by atoms with Gasteiger partial charge in [-0.1, -0.05) is 35.3 Å². The minimum Gasteiger partial charge on any atom is -0.494 e. The number of hydrogen-bond donors (Lipinski definition) is 4. The zero-order valence-electron chi connectivity index (χ0n) is 38.2. The van der Waals surface area contributed by atoms with Crippen molar-refractivity contribution in [2.45, 2.75) is 58.5 Å². The summed E-state index contributed by atoms with van der Waals surface area (Å²) in [5.74, 6) is -2.20. The average Bonchev–Trinajstić information content (AvgIpc) is 3.32. The molecule has 0 bridgehead atoms. The number of ether oxygens (including phenoxy) is 2. The van der Waals surface area contributed by atoms with Crippen LogP contribution in [0.3, 0.4) is 0 Å². The van der Waals surface area contributed by atoms with Crippen LogP contribution in [0.5, 0.6) is 11.5 Å². The van der Waals surface area contributed by atoms with E-state index in [0.29, 0.717) is 66.3 Å². The van der Waals surface area contributed by atoms with Crippen molar-refractivity contribution in [1.82, 2.24) is 0 Å². The summed E-state index contributed by atoms with van der Waals surface area (Å²) in [6.07, 6.45) is 1.17. The number of aryl methyl sites for hydroxylation is 2. The number of ketones is 2. The average molecular weight is 1050 g/mol. The number of benzene rings is 5. The van der Waals surface area contributed by atoms with Crippen molar-refractivity contribution in [2.75, 3.05) is 46.2 Å². The topological polar surface area (TPSA) is 218 Å². The molecule has 366 valence electrons. The van der Waals surface area contributed by atoms with Gasteiger partial charge in [0.15, 0.2) is 11.6 Å². The number of Topliss-reactive ketones (excluding diaryl/α,β-unsaturated/α-hetero) is 2. The van der Waals surface area contributed by atoms with Crippen molar-refractivity contribution in [3.05, 3.63) is 129 Å². The largest absolute Gasteiger partial charge is 0.494 e. The van der Waals surface area contributed by atoms with Gasteiger partial charge in [-0.25, -0.2) is 0 Å². The van der Waals surface area contributed by atoms with E-state index in [1.807, 2.05) is 26.0 Å². The summed E-state index contributed by atoms with van der Waals surface area (Å²) in [5.41, 5.74) is 3.78. The Hall–Kier alpha value is -6.43. The number of carbonyl (C=O) groups excluding carboxylic acids is 6. The molecule has 0 saturated heterocycles. The number of anilines is 4. The van der Waals surface area contributed by atoms with Crippen LogP contribution in [0, 0.1) is 0 Å². The molecular formula is C49H47Cl5N8O8. The van der Waals surface area contributed by atoms with Gasteiger partial charge in [-0.15, -0.1) is 34.8 Å². The first kappa shape index (κ1) is 54.5. The van der Waals surface area contributed by atoms with E-state index in [1.54, 1.807) is 24.3 Å². The lowest BCUT2D eigenvalue weighted by molar-refractivity contribution is -0.127. The first-order valence-corrected chi connectivity index (χ1v) is 23.9. The lowest BCUT2D eigenvalue weighted by Crippen LogP contribution is -2.32. The maximum atomic E-state index is 13.5. The maximum absolute atomic E-state index is 13.5. The fraction of sp³-hybridized carbons (Fsp3) is 0.265. The Morgan fingerprint density at radius 1 is 0.529 bits per heavy atom. The van der Waals surface area contributed by atoms with Gasteiger partial charge in [0.2, 0.25) is 12.1 Å². The van der Waals surface area contributed by atoms with E-state index in [0.717, 1.165) is 25.0 Å². The molecule has 0 saturated carbocycles. The van der Waals surface area contributed by atoms with E-state index in [-0.39, 0.29) is 49.8 Å². The van der Waals surface area contributed by atoms with Crippen LogP contribution in [-0.4, -0.2) is 72.3 Å². The fourth-order valence-electron chi connectivity index (χ4n) is 6.52. The molecular weight excluding hydrogens is 1010 g/mol. The number of nitrogens with zero attached hydrogens (tertiary/aromatic N) is 4. The van der Waals surface area contributed by atoms with Crippen LogP contribution in [-0.2, 0) is 37.9 Å². The summed E-state index contributed by atoms with van der Waals surface area (Å²) in [4.78, 5) is 78.7. The first-order valence-electron chi connectivity index (χ1n) is 21.6. The highest BCUT2D eigenvalue weighted by Crippen LogP contribution is 2.31. The third-order valence-corrected chi connectivity index (χ3v) is 11.3. The Balaban J connectivity index is 1.25. The van der Waals surface area contributed by atoms with Gasteiger partial charge in [0.1, 0.15) is 22.9 Å². The van der Waals surface area contributed by atoms with Crippen molar-refractivity contribution >= 4 is 127 Å². The molecule has 16 nitrogen and oxygen atoms in total. The van der Waals surface area contributed by atoms with Gasteiger partial charge >= 0.3 is 0 Å². The van der Waals surface area contributed by atoms with E-state index in [9.17, 15) is 28.8 Å². The van der Waals surface area contributed by atoms with E-state index < -0.39 is 47.3 Å². The molecule has 21 heteroatoms. The monoisotopic (exact) mass is 1050 g/mol. The number of amides is 4. The maximum Gasteiger partial charge on any atom is 0.258 e. The normalized spacial score (nSPS) is 12.0. The fourth-order valence-corrected chi connectivity index (χ4v) is 7.46. The van der Waals surface area contributed by atoms with E-state index >= 15 is 0 Å². The smallest absolute Gasteiger partial charge is 0.258 e. The Morgan fingerprint density at radius 3 is 1.37 bits per heavy atom. The summed E-state index contributed by atoms with van der Waals surface area (Å²) in [6.45, 7) is 6.84. The highest BCUT2D eigenvalue weighted by molar-refractivity contribution is 6.33. The van der Waals surface area contributed by atoms with Gasteiger partial charge in [0.05, 0.1) is 23.3 Å². The molecule has 0 aliphatic carbocycles. The molecule has 0 aromatic heterocycles. The molecule has 0 aliphatic heterocycles. The summed E-state index contributed by atoms with van der Waals surface area (Å²) < 4.78 is 11.4. The molecule has 0 fully saturated rings. The van der Waals surface area contributed by atoms with Crippen molar-refractivity contribution in [3.8, 4) is 11.5 Å². The van der Waals surface area contributed by atoms with Crippen molar-refractivity contribution in [1.29, 1.82) is 0 Å². The van der Waals surface area contributed by atoms with Crippen molar-refractivity contribution in [3.63, 3.8) is 0 Å². The van der Waals surface area contributed by atoms with Gasteiger partial charge < -0.3 is 30.7 Å². The van der Waals surface area contributed by atoms with E-state index in [4.69, 9.17) is 67.5 Å². The van der Waals surface area contributed by atoms with Crippen molar-refractivity contribution < 1.29 is 38.2 Å². The second kappa shape index (κ2) is 26.5. The van der Waals surface area contributed by atoms with Crippen LogP contribution >= 0.6 is 58.0 Å². The number of nitrogens with one attached hydrogen (secondary N) is 4. The minimum absolute atomic E-state index is 0.0168. The molecule has 70 heavy (non-hydrogen) atoms. The number of carbonyl (C=O) groups is 6. The predicted octanol–water partition coefficient (Wildman–Crippen LogP) is 12.0. The molecule has 5 aromatic rings. The Bertz CT molecular complexity index is 2830. The zero-order chi connectivity index (χ0) is 50.9. The van der Waals surface area contributed by atoms with Gasteiger partial charge in [0, 0.05) is 63.6 Å². The molecule has 4 N–H and O–H groups in total. The molecule has 0 heterocycles. The van der Waals surface area contributed by atoms with Crippen LogP contribution in [0.2, 0.25) is 10.0 Å². The third-order valence-electron chi connectivity index (χ3n) is 10.00. The van der Waals surface area contributed by atoms with Gasteiger partial charge in [0.25, 0.3) is 23.6 Å². The van der Waals surface area contributed by atoms with Crippen LogP contribution < -0.4 is 30.7 Å². The van der Waals surface area contributed by atoms with E-state index in [2.05, 4.69) is 41.7 Å². The molecule has 5 rings (SSSR count). The molecule has 4 amide bonds. The lowest BCUT2D eigenvalue weighted by Gasteiger charge is -2.15. The summed E-state index contributed by atoms with van der Waals surface area (Å²) >= 11 is 30.8. The lowest BCUT2D eigenvalue weighted by atomic mass is 10.1. The van der Waals surface area contributed by atoms with Crippen LogP contribution in [0.25, 0.3) is 0 Å². The first-order chi connectivity index (χ1) is 33.6. The van der Waals surface area contributed by atoms with Gasteiger partial charge in [-0.3, -0.25) is 28.8 Å². The molecule has 2 atom stereocenters. The molecule has 0 radical (unpaired) electrons. The molecule has 0 spiro atoms. The third kappa shape index (κ3) is 15.0. The number of halogens is 5. The van der Waals surface area contributed by atoms with Crippen LogP contribution in [0.4, 0.5) is 34.1 Å². The second-order valence-corrected chi connectivity index (χ2v) is 16.9. The standard InChI is InChI=1S/C49H47Cl5N8O8/c1-5-69-42-24-35(11-7-29(42)17-19-50)55-46(65)31-9-14-37(53)40(22-31)59-61-44(27(3)63)48(67)57-34-13-16-39(33(21-34)26-52)58-49(68)45(28(4)64)62-60-41-23-32(10-15-38(41)54)47(66)56-36-12-8-30(18-20-51)43(25-36)70-6-2/h7-16,21-25,44-45H,5-6,17-20,26H2,1-4H3,(H,55,65)(H,56,66)(H,57,67)(H,58,68). The number of hydrogen-bond acceptors (Lipinski definition) is 12. The van der Waals surface area contributed by atoms with Crippen LogP contribution in [0.15, 0.2) is 111 Å². The van der Waals surface area contributed by atoms with Gasteiger partial charge in [-0.05, 0) is 124 Å². The SMILES string of the molecule is CCOc1cc(NC(=O)c2ccc(Cl)c(N=NC(C(C)=O)C(=O)Nc3ccc(NC(=O)C(N=Nc4cc(C(=O)Nc5ccc(CCCl)c(OCC)c5)ccc4Cl)C(C)=O)c(CCl)c3)c2)ccc1CCCl. The predicted molar refractivity (Wildman–Crippen MR) is 274 cm³/mol. The molecule has 0 aliphatic rings. The highest BCUT2D eigenvalue weighted by atomic mass is 35.5. The summed E-state index contributed by atoms with van der Waals surface area (Å²) in [5, 5.41) is 27.1. The molecule has 5 aromatic carbocycles. The summed E-state index contributed by atoms with van der Waals surface area (Å²) in [6, 6.07) is 20.0. The Morgan fingerprint density at radius 2 is 0.957 bits per heavy atom. The highest BCUT2D eigenvalue weighted by Gasteiger charge is 2.26. The quantitative estimate of drug-likeness (QED) is 0.0279.